The van der Waals surface area contributed by atoms with E-state index in [0.717, 1.165) is 50.2 Å². The lowest BCUT2D eigenvalue weighted by Crippen LogP contribution is -2.40. The number of rotatable bonds is 5. The molecular weight excluding hydrogens is 272 g/mol. The number of aromatic nitrogens is 1. The van der Waals surface area contributed by atoms with Crippen molar-refractivity contribution in [2.75, 3.05) is 44.2 Å². The molecule has 20 heavy (non-hydrogen) atoms. The van der Waals surface area contributed by atoms with Gasteiger partial charge in [0.15, 0.2) is 5.13 Å². The van der Waals surface area contributed by atoms with Crippen molar-refractivity contribution in [1.29, 1.82) is 0 Å². The van der Waals surface area contributed by atoms with Gasteiger partial charge in [0.05, 0.1) is 6.54 Å². The Bertz CT molecular complexity index is 432. The molecule has 0 radical (unpaired) electrons. The van der Waals surface area contributed by atoms with Crippen LogP contribution in [0.25, 0.3) is 0 Å². The molecule has 1 amide bonds. The Kier molecular flexibility index (Phi) is 4.52. The van der Waals surface area contributed by atoms with Gasteiger partial charge in [0.25, 0.3) is 0 Å². The zero-order valence-electron chi connectivity index (χ0n) is 11.8. The van der Waals surface area contributed by atoms with Crippen LogP contribution in [0.4, 0.5) is 5.13 Å². The molecule has 1 saturated carbocycles. The molecule has 5 nitrogen and oxygen atoms in total. The van der Waals surface area contributed by atoms with Gasteiger partial charge in [-0.25, -0.2) is 4.98 Å². The second-order valence-corrected chi connectivity index (χ2v) is 6.48. The zero-order valence-corrected chi connectivity index (χ0v) is 12.6. The quantitative estimate of drug-likeness (QED) is 0.886. The summed E-state index contributed by atoms with van der Waals surface area (Å²) in [6.45, 7) is 5.06. The minimum absolute atomic E-state index is 0.242. The largest absolute Gasteiger partial charge is 0.346 e. The molecule has 3 rings (SSSR count). The van der Waals surface area contributed by atoms with Crippen molar-refractivity contribution in [3.63, 3.8) is 0 Å². The molecule has 0 spiro atoms. The highest BCUT2D eigenvalue weighted by Crippen LogP contribution is 2.27. The molecule has 2 aliphatic rings. The van der Waals surface area contributed by atoms with Crippen molar-refractivity contribution in [3.05, 3.63) is 11.6 Å². The topological polar surface area (TPSA) is 48.5 Å². The summed E-state index contributed by atoms with van der Waals surface area (Å²) >= 11 is 1.67. The van der Waals surface area contributed by atoms with E-state index in [2.05, 4.69) is 15.2 Å². The lowest BCUT2D eigenvalue weighted by atomic mass is 10.3. The lowest BCUT2D eigenvalue weighted by molar-refractivity contribution is -0.130. The summed E-state index contributed by atoms with van der Waals surface area (Å²) < 4.78 is 0. The number of carbonyl (C=O) groups is 1. The Morgan fingerprint density at radius 2 is 2.25 bits per heavy atom. The third-order valence-corrected chi connectivity index (χ3v) is 4.78. The molecule has 110 valence electrons. The Balaban J connectivity index is 1.45. The monoisotopic (exact) mass is 294 g/mol. The average Bonchev–Trinajstić information content (AvgIpc) is 3.18. The van der Waals surface area contributed by atoms with Gasteiger partial charge in [0.1, 0.15) is 0 Å². The molecule has 2 heterocycles. The van der Waals surface area contributed by atoms with Crippen molar-refractivity contribution in [2.45, 2.75) is 19.3 Å². The van der Waals surface area contributed by atoms with Crippen molar-refractivity contribution in [1.82, 2.24) is 15.2 Å². The first-order valence-corrected chi connectivity index (χ1v) is 8.34. The van der Waals surface area contributed by atoms with Crippen LogP contribution in [0.15, 0.2) is 11.6 Å². The van der Waals surface area contributed by atoms with Gasteiger partial charge >= 0.3 is 0 Å². The maximum Gasteiger partial charge on any atom is 0.236 e. The van der Waals surface area contributed by atoms with E-state index in [-0.39, 0.29) is 5.91 Å². The second-order valence-electron chi connectivity index (χ2n) is 5.61. The number of hydrogen-bond donors (Lipinski definition) is 1. The van der Waals surface area contributed by atoms with E-state index in [0.29, 0.717) is 6.54 Å². The molecule has 1 N–H and O–H groups in total. The third kappa shape index (κ3) is 3.70. The van der Waals surface area contributed by atoms with Crippen molar-refractivity contribution < 1.29 is 4.79 Å². The predicted octanol–water partition coefficient (Wildman–Crippen LogP) is 1.18. The summed E-state index contributed by atoms with van der Waals surface area (Å²) in [6.07, 6.45) is 5.52. The minimum atomic E-state index is 0.242. The maximum atomic E-state index is 12.2. The highest BCUT2D eigenvalue weighted by atomic mass is 32.1. The van der Waals surface area contributed by atoms with Crippen molar-refractivity contribution in [3.8, 4) is 0 Å². The molecule has 1 aliphatic heterocycles. The molecule has 0 bridgehead atoms. The van der Waals surface area contributed by atoms with Crippen LogP contribution < -0.4 is 10.2 Å². The van der Waals surface area contributed by atoms with Crippen LogP contribution in [0.5, 0.6) is 0 Å². The van der Waals surface area contributed by atoms with Gasteiger partial charge < -0.3 is 15.1 Å². The number of thiazole rings is 1. The molecule has 1 aromatic rings. The summed E-state index contributed by atoms with van der Waals surface area (Å²) in [6, 6.07) is 0. The van der Waals surface area contributed by atoms with Crippen LogP contribution in [0.2, 0.25) is 0 Å². The Morgan fingerprint density at radius 3 is 3.00 bits per heavy atom. The number of nitrogens with one attached hydrogen (secondary N) is 1. The van der Waals surface area contributed by atoms with E-state index >= 15 is 0 Å². The first kappa shape index (κ1) is 13.8. The molecule has 0 atom stereocenters. The van der Waals surface area contributed by atoms with Gasteiger partial charge in [-0.1, -0.05) is 0 Å². The molecule has 0 unspecified atom stereocenters. The summed E-state index contributed by atoms with van der Waals surface area (Å²) in [5.41, 5.74) is 0. The predicted molar refractivity (Wildman–Crippen MR) is 81.1 cm³/mol. The Hall–Kier alpha value is -1.14. The SMILES string of the molecule is O=C(CNCC1CC1)N1CCCN(c2nccs2)CC1. The van der Waals surface area contributed by atoms with Crippen LogP contribution in [0.3, 0.4) is 0 Å². The molecule has 1 saturated heterocycles. The van der Waals surface area contributed by atoms with Crippen molar-refractivity contribution in [2.24, 2.45) is 5.92 Å². The van der Waals surface area contributed by atoms with Crippen molar-refractivity contribution >= 4 is 22.4 Å². The number of amides is 1. The van der Waals surface area contributed by atoms with Crippen LogP contribution in [-0.4, -0.2) is 55.1 Å². The fraction of sp³-hybridized carbons (Fsp3) is 0.714. The third-order valence-electron chi connectivity index (χ3n) is 3.94. The average molecular weight is 294 g/mol. The molecule has 0 aromatic carbocycles. The maximum absolute atomic E-state index is 12.2. The van der Waals surface area contributed by atoms with E-state index in [1.54, 1.807) is 11.3 Å². The zero-order chi connectivity index (χ0) is 13.8. The highest BCUT2D eigenvalue weighted by Gasteiger charge is 2.23. The minimum Gasteiger partial charge on any atom is -0.346 e. The van der Waals surface area contributed by atoms with Crippen LogP contribution in [-0.2, 0) is 4.79 Å². The number of hydrogen-bond acceptors (Lipinski definition) is 5. The van der Waals surface area contributed by atoms with Gasteiger partial charge in [-0.15, -0.1) is 11.3 Å². The van der Waals surface area contributed by atoms with Gasteiger partial charge in [-0.05, 0) is 31.7 Å². The number of nitrogens with zero attached hydrogens (tertiary/aromatic N) is 3. The summed E-state index contributed by atoms with van der Waals surface area (Å²) in [7, 11) is 0. The molecule has 6 heteroatoms. The smallest absolute Gasteiger partial charge is 0.236 e. The van der Waals surface area contributed by atoms with Gasteiger partial charge in [0, 0.05) is 37.8 Å². The highest BCUT2D eigenvalue weighted by molar-refractivity contribution is 7.13. The fourth-order valence-electron chi connectivity index (χ4n) is 2.55. The van der Waals surface area contributed by atoms with Gasteiger partial charge in [-0.2, -0.15) is 0 Å². The molecular formula is C14H22N4OS. The first-order chi connectivity index (χ1) is 9.83. The Labute approximate surface area is 124 Å². The van der Waals surface area contributed by atoms with E-state index in [1.807, 2.05) is 16.5 Å². The first-order valence-electron chi connectivity index (χ1n) is 7.46. The Morgan fingerprint density at radius 1 is 1.35 bits per heavy atom. The van der Waals surface area contributed by atoms with Gasteiger partial charge in [0.2, 0.25) is 5.91 Å². The molecule has 2 fully saturated rings. The van der Waals surface area contributed by atoms with Gasteiger partial charge in [-0.3, -0.25) is 4.79 Å². The standard InChI is InChI=1S/C14H22N4OS/c19-13(11-15-10-12-2-3-12)17-5-1-6-18(8-7-17)14-16-4-9-20-14/h4,9,12,15H,1-3,5-8,10-11H2. The van der Waals surface area contributed by atoms with E-state index in [9.17, 15) is 4.79 Å². The molecule has 1 aromatic heterocycles. The summed E-state index contributed by atoms with van der Waals surface area (Å²) in [4.78, 5) is 20.8. The van der Waals surface area contributed by atoms with Crippen LogP contribution >= 0.6 is 11.3 Å². The van der Waals surface area contributed by atoms with E-state index in [1.165, 1.54) is 12.8 Å². The molecule has 1 aliphatic carbocycles. The van der Waals surface area contributed by atoms with E-state index < -0.39 is 0 Å². The normalized spacial score (nSPS) is 20.0. The number of carbonyl (C=O) groups excluding carboxylic acids is 1. The van der Waals surface area contributed by atoms with Crippen LogP contribution in [0, 0.1) is 5.92 Å². The lowest BCUT2D eigenvalue weighted by Gasteiger charge is -2.21. The number of anilines is 1. The second kappa shape index (κ2) is 6.54. The fourth-order valence-corrected chi connectivity index (χ4v) is 3.24. The van der Waals surface area contributed by atoms with Crippen LogP contribution in [0.1, 0.15) is 19.3 Å². The summed E-state index contributed by atoms with van der Waals surface area (Å²) in [5.74, 6) is 1.07. The summed E-state index contributed by atoms with van der Waals surface area (Å²) in [5, 5.41) is 6.37. The van der Waals surface area contributed by atoms with E-state index in [4.69, 9.17) is 0 Å².